The number of nitrogens with zero attached hydrogens (tertiary/aromatic N) is 1. The molecule has 104 valence electrons. The van der Waals surface area contributed by atoms with Crippen LogP contribution in [0.4, 0.5) is 0 Å². The van der Waals surface area contributed by atoms with E-state index in [1.807, 2.05) is 23.1 Å². The molecule has 1 aliphatic heterocycles. The van der Waals surface area contributed by atoms with Crippen LogP contribution in [0.1, 0.15) is 12.0 Å². The number of alkyl halides is 1. The van der Waals surface area contributed by atoms with Gasteiger partial charge in [-0.1, -0.05) is 28.1 Å². The zero-order chi connectivity index (χ0) is 13.8. The van der Waals surface area contributed by atoms with Crippen molar-refractivity contribution in [3.63, 3.8) is 0 Å². The molecule has 1 saturated heterocycles. The molecule has 1 atom stereocenters. The van der Waals surface area contributed by atoms with Gasteiger partial charge >= 0.3 is 0 Å². The van der Waals surface area contributed by atoms with Crippen LogP contribution in [0.15, 0.2) is 18.2 Å². The summed E-state index contributed by atoms with van der Waals surface area (Å²) in [5.74, 6) is 2.02. The van der Waals surface area contributed by atoms with E-state index in [0.29, 0.717) is 30.4 Å². The van der Waals surface area contributed by atoms with Gasteiger partial charge in [-0.05, 0) is 12.0 Å². The molecule has 1 heterocycles. The van der Waals surface area contributed by atoms with Crippen molar-refractivity contribution < 1.29 is 14.3 Å². The number of carbonyl (C=O) groups excluding carboxylic acids is 1. The summed E-state index contributed by atoms with van der Waals surface area (Å²) in [5, 5.41) is 0.866. The molecule has 0 bridgehead atoms. The first-order valence-corrected chi connectivity index (χ1v) is 7.35. The molecule has 0 saturated carbocycles. The first kappa shape index (κ1) is 14.2. The maximum atomic E-state index is 11.9. The lowest BCUT2D eigenvalue weighted by Crippen LogP contribution is -2.25. The number of methoxy groups -OCH3 is 2. The predicted octanol–water partition coefficient (Wildman–Crippen LogP) is 2.45. The summed E-state index contributed by atoms with van der Waals surface area (Å²) in [6, 6.07) is 5.74. The number of hydrogen-bond donors (Lipinski definition) is 0. The van der Waals surface area contributed by atoms with Crippen molar-refractivity contribution >= 4 is 21.8 Å². The van der Waals surface area contributed by atoms with E-state index in [1.54, 1.807) is 14.2 Å². The minimum Gasteiger partial charge on any atom is -0.493 e. The van der Waals surface area contributed by atoms with Crippen molar-refractivity contribution in [3.8, 4) is 11.5 Å². The Balaban J connectivity index is 2.17. The molecule has 0 aromatic heterocycles. The number of carbonyl (C=O) groups is 1. The molecule has 0 spiro atoms. The summed E-state index contributed by atoms with van der Waals surface area (Å²) in [4.78, 5) is 13.8. The van der Waals surface area contributed by atoms with Crippen LogP contribution in [-0.4, -0.2) is 36.9 Å². The minimum absolute atomic E-state index is 0.203. The molecule has 1 aliphatic rings. The van der Waals surface area contributed by atoms with E-state index in [-0.39, 0.29) is 5.91 Å². The normalized spacial score (nSPS) is 18.8. The molecule has 5 heteroatoms. The molecule has 4 nitrogen and oxygen atoms in total. The van der Waals surface area contributed by atoms with Crippen molar-refractivity contribution in [2.75, 3.05) is 26.1 Å². The van der Waals surface area contributed by atoms with Crippen LogP contribution in [0, 0.1) is 5.92 Å². The van der Waals surface area contributed by atoms with E-state index in [2.05, 4.69) is 15.9 Å². The van der Waals surface area contributed by atoms with Gasteiger partial charge in [0.2, 0.25) is 5.91 Å². The number of amides is 1. The molecule has 0 radical (unpaired) electrons. The van der Waals surface area contributed by atoms with Crippen LogP contribution >= 0.6 is 15.9 Å². The molecular weight excluding hydrogens is 310 g/mol. The number of likely N-dealkylation sites (tertiary alicyclic amines) is 1. The number of hydrogen-bond acceptors (Lipinski definition) is 3. The van der Waals surface area contributed by atoms with Gasteiger partial charge in [0.1, 0.15) is 0 Å². The lowest BCUT2D eigenvalue weighted by atomic mass is 10.1. The van der Waals surface area contributed by atoms with E-state index in [9.17, 15) is 4.79 Å². The van der Waals surface area contributed by atoms with Gasteiger partial charge in [-0.25, -0.2) is 0 Å². The van der Waals surface area contributed by atoms with Crippen LogP contribution in [-0.2, 0) is 11.3 Å². The van der Waals surface area contributed by atoms with Gasteiger partial charge < -0.3 is 14.4 Å². The summed E-state index contributed by atoms with van der Waals surface area (Å²) >= 11 is 3.44. The van der Waals surface area contributed by atoms with Crippen LogP contribution < -0.4 is 9.47 Å². The van der Waals surface area contributed by atoms with E-state index in [1.165, 1.54) is 0 Å². The Morgan fingerprint density at radius 3 is 2.74 bits per heavy atom. The molecule has 0 aliphatic carbocycles. The van der Waals surface area contributed by atoms with Crippen LogP contribution in [0.5, 0.6) is 11.5 Å². The Morgan fingerprint density at radius 2 is 2.16 bits per heavy atom. The molecule has 0 N–H and O–H groups in total. The minimum atomic E-state index is 0.203. The third-order valence-corrected chi connectivity index (χ3v) is 4.27. The molecular formula is C14H18BrNO3. The van der Waals surface area contributed by atoms with Crippen molar-refractivity contribution in [3.05, 3.63) is 23.8 Å². The molecule has 1 aromatic rings. The van der Waals surface area contributed by atoms with Gasteiger partial charge in [-0.2, -0.15) is 0 Å². The SMILES string of the molecule is COc1cccc(CN2CC(CBr)CC2=O)c1OC. The van der Waals surface area contributed by atoms with Gasteiger partial charge in [-0.15, -0.1) is 0 Å². The standard InChI is InChI=1S/C14H18BrNO3/c1-18-12-5-3-4-11(14(12)19-2)9-16-8-10(7-15)6-13(16)17/h3-5,10H,6-9H2,1-2H3. The smallest absolute Gasteiger partial charge is 0.223 e. The van der Waals surface area contributed by atoms with Crippen molar-refractivity contribution in [1.82, 2.24) is 4.90 Å². The summed E-state index contributed by atoms with van der Waals surface area (Å²) in [6.07, 6.45) is 0.623. The van der Waals surface area contributed by atoms with Crippen molar-refractivity contribution in [2.45, 2.75) is 13.0 Å². The fraction of sp³-hybridized carbons (Fsp3) is 0.500. The fourth-order valence-electron chi connectivity index (χ4n) is 2.39. The number of rotatable bonds is 5. The van der Waals surface area contributed by atoms with Gasteiger partial charge in [0, 0.05) is 30.4 Å². The summed E-state index contributed by atoms with van der Waals surface area (Å²) < 4.78 is 10.7. The monoisotopic (exact) mass is 327 g/mol. The summed E-state index contributed by atoms with van der Waals surface area (Å²) in [6.45, 7) is 1.37. The molecule has 1 unspecified atom stereocenters. The Morgan fingerprint density at radius 1 is 1.37 bits per heavy atom. The molecule has 1 fully saturated rings. The van der Waals surface area contributed by atoms with E-state index < -0.39 is 0 Å². The molecule has 1 amide bonds. The predicted molar refractivity (Wildman–Crippen MR) is 76.9 cm³/mol. The van der Waals surface area contributed by atoms with Gasteiger partial charge in [0.25, 0.3) is 0 Å². The lowest BCUT2D eigenvalue weighted by molar-refractivity contribution is -0.128. The Bertz CT molecular complexity index is 464. The largest absolute Gasteiger partial charge is 0.493 e. The first-order chi connectivity index (χ1) is 9.19. The number of benzene rings is 1. The fourth-order valence-corrected chi connectivity index (χ4v) is 2.83. The molecule has 1 aromatic carbocycles. The Labute approximate surface area is 121 Å². The number of halogens is 1. The van der Waals surface area contributed by atoms with Crippen molar-refractivity contribution in [1.29, 1.82) is 0 Å². The third-order valence-electron chi connectivity index (χ3n) is 3.36. The average molecular weight is 328 g/mol. The molecule has 19 heavy (non-hydrogen) atoms. The second-order valence-corrected chi connectivity index (χ2v) is 5.30. The highest BCUT2D eigenvalue weighted by atomic mass is 79.9. The maximum Gasteiger partial charge on any atom is 0.223 e. The summed E-state index contributed by atoms with van der Waals surface area (Å²) in [7, 11) is 3.23. The topological polar surface area (TPSA) is 38.8 Å². The number of para-hydroxylation sites is 1. The van der Waals surface area contributed by atoms with E-state index >= 15 is 0 Å². The van der Waals surface area contributed by atoms with Gasteiger partial charge in [0.15, 0.2) is 11.5 Å². The van der Waals surface area contributed by atoms with E-state index in [4.69, 9.17) is 9.47 Å². The Hall–Kier alpha value is -1.23. The highest BCUT2D eigenvalue weighted by Gasteiger charge is 2.29. The molecule has 2 rings (SSSR count). The highest BCUT2D eigenvalue weighted by Crippen LogP contribution is 2.32. The third kappa shape index (κ3) is 3.03. The summed E-state index contributed by atoms with van der Waals surface area (Å²) in [5.41, 5.74) is 0.977. The number of ether oxygens (including phenoxy) is 2. The highest BCUT2D eigenvalue weighted by molar-refractivity contribution is 9.09. The van der Waals surface area contributed by atoms with Crippen molar-refractivity contribution in [2.24, 2.45) is 5.92 Å². The van der Waals surface area contributed by atoms with Gasteiger partial charge in [-0.3, -0.25) is 4.79 Å². The van der Waals surface area contributed by atoms with Gasteiger partial charge in [0.05, 0.1) is 14.2 Å². The quantitative estimate of drug-likeness (QED) is 0.780. The second kappa shape index (κ2) is 6.28. The van der Waals surface area contributed by atoms with Crippen LogP contribution in [0.25, 0.3) is 0 Å². The second-order valence-electron chi connectivity index (χ2n) is 4.65. The van der Waals surface area contributed by atoms with Crippen LogP contribution in [0.3, 0.4) is 0 Å². The lowest BCUT2D eigenvalue weighted by Gasteiger charge is -2.19. The average Bonchev–Trinajstić information content (AvgIpc) is 2.79. The first-order valence-electron chi connectivity index (χ1n) is 6.23. The maximum absolute atomic E-state index is 11.9. The zero-order valence-electron chi connectivity index (χ0n) is 11.2. The van der Waals surface area contributed by atoms with Crippen LogP contribution in [0.2, 0.25) is 0 Å². The zero-order valence-corrected chi connectivity index (χ0v) is 12.8. The Kier molecular flexibility index (Phi) is 4.69. The van der Waals surface area contributed by atoms with E-state index in [0.717, 1.165) is 17.4 Å².